The van der Waals surface area contributed by atoms with Gasteiger partial charge in [-0.05, 0) is 13.0 Å². The van der Waals surface area contributed by atoms with Crippen LogP contribution < -0.4 is 0 Å². The standard InChI is InChI=1S/C19H21N3O3/c1-12-7-14(25-20-12)8-13-9-22(11-18(13)23)19(24)16-10-21(2)17-6-4-3-5-15(16)17/h3-7,10,13,18,23H,8-9,11H2,1-2H3/t13-,18-/m1/s1. The maximum absolute atomic E-state index is 13.0. The van der Waals surface area contributed by atoms with E-state index >= 15 is 0 Å². The summed E-state index contributed by atoms with van der Waals surface area (Å²) >= 11 is 0. The van der Waals surface area contributed by atoms with Crippen LogP contribution in [0.25, 0.3) is 10.9 Å². The maximum atomic E-state index is 13.0. The van der Waals surface area contributed by atoms with Crippen molar-refractivity contribution in [2.75, 3.05) is 13.1 Å². The van der Waals surface area contributed by atoms with E-state index in [0.29, 0.717) is 25.1 Å². The smallest absolute Gasteiger partial charge is 0.256 e. The number of likely N-dealkylation sites (tertiary alicyclic amines) is 1. The Hall–Kier alpha value is -2.60. The molecule has 3 heterocycles. The van der Waals surface area contributed by atoms with Crippen molar-refractivity contribution < 1.29 is 14.4 Å². The number of β-amino-alcohol motifs (C(OH)–C–C–N with tert-alkyl or cyclic N) is 1. The molecule has 1 N–H and O–H groups in total. The van der Waals surface area contributed by atoms with Crippen molar-refractivity contribution in [2.45, 2.75) is 19.4 Å². The molecule has 0 radical (unpaired) electrons. The lowest BCUT2D eigenvalue weighted by atomic mass is 10.0. The highest BCUT2D eigenvalue weighted by Crippen LogP contribution is 2.27. The van der Waals surface area contributed by atoms with E-state index in [-0.39, 0.29) is 11.8 Å². The fraction of sp³-hybridized carbons (Fsp3) is 0.368. The lowest BCUT2D eigenvalue weighted by Gasteiger charge is -2.15. The molecule has 1 amide bonds. The van der Waals surface area contributed by atoms with Gasteiger partial charge in [-0.2, -0.15) is 0 Å². The number of aryl methyl sites for hydroxylation is 2. The molecular formula is C19H21N3O3. The number of para-hydroxylation sites is 1. The van der Waals surface area contributed by atoms with E-state index in [1.165, 1.54) is 0 Å². The Balaban J connectivity index is 1.54. The number of carbonyl (C=O) groups excluding carboxylic acids is 1. The van der Waals surface area contributed by atoms with Gasteiger partial charge in [0.05, 0.1) is 17.4 Å². The van der Waals surface area contributed by atoms with Crippen LogP contribution in [0.5, 0.6) is 0 Å². The van der Waals surface area contributed by atoms with Gasteiger partial charge in [0.2, 0.25) is 0 Å². The Morgan fingerprint density at radius 1 is 1.36 bits per heavy atom. The maximum Gasteiger partial charge on any atom is 0.256 e. The van der Waals surface area contributed by atoms with E-state index in [1.54, 1.807) is 4.90 Å². The average Bonchev–Trinajstić information content (AvgIpc) is 3.27. The molecule has 1 aliphatic rings. The minimum atomic E-state index is -0.552. The molecule has 2 atom stereocenters. The molecule has 0 bridgehead atoms. The number of aromatic nitrogens is 2. The first-order chi connectivity index (χ1) is 12.0. The summed E-state index contributed by atoms with van der Waals surface area (Å²) in [5.41, 5.74) is 2.53. The zero-order chi connectivity index (χ0) is 17.6. The number of fused-ring (bicyclic) bond motifs is 1. The number of nitrogens with zero attached hydrogens (tertiary/aromatic N) is 3. The molecule has 6 heteroatoms. The molecule has 0 aliphatic carbocycles. The SMILES string of the molecule is Cc1cc(C[C@@H]2CN(C(=O)c3cn(C)c4ccccc34)C[C@H]2O)on1. The number of aliphatic hydroxyl groups is 1. The van der Waals surface area contributed by atoms with Crippen LogP contribution in [-0.2, 0) is 13.5 Å². The summed E-state index contributed by atoms with van der Waals surface area (Å²) in [5.74, 6) is 0.680. The molecule has 3 aromatic rings. The minimum Gasteiger partial charge on any atom is -0.391 e. The van der Waals surface area contributed by atoms with E-state index in [2.05, 4.69) is 5.16 Å². The van der Waals surface area contributed by atoms with Gasteiger partial charge in [-0.15, -0.1) is 0 Å². The van der Waals surface area contributed by atoms with Crippen LogP contribution in [-0.4, -0.2) is 44.8 Å². The Morgan fingerprint density at radius 3 is 2.92 bits per heavy atom. The van der Waals surface area contributed by atoms with Crippen LogP contribution >= 0.6 is 0 Å². The second-order valence-corrected chi connectivity index (χ2v) is 6.85. The lowest BCUT2D eigenvalue weighted by Crippen LogP contribution is -2.29. The Morgan fingerprint density at radius 2 is 2.16 bits per heavy atom. The van der Waals surface area contributed by atoms with E-state index in [1.807, 2.05) is 55.1 Å². The number of carbonyl (C=O) groups is 1. The summed E-state index contributed by atoms with van der Waals surface area (Å²) in [6, 6.07) is 9.74. The Kier molecular flexibility index (Phi) is 3.84. The average molecular weight is 339 g/mol. The van der Waals surface area contributed by atoms with Gasteiger partial charge >= 0.3 is 0 Å². The number of hydrogen-bond acceptors (Lipinski definition) is 4. The largest absolute Gasteiger partial charge is 0.391 e. The Bertz CT molecular complexity index is 927. The van der Waals surface area contributed by atoms with Crippen LogP contribution in [0, 0.1) is 12.8 Å². The molecule has 1 aromatic carbocycles. The summed E-state index contributed by atoms with van der Waals surface area (Å²) < 4.78 is 7.21. The van der Waals surface area contributed by atoms with Crippen LogP contribution in [0.4, 0.5) is 0 Å². The van der Waals surface area contributed by atoms with Gasteiger partial charge in [0.25, 0.3) is 5.91 Å². The molecule has 0 saturated carbocycles. The summed E-state index contributed by atoms with van der Waals surface area (Å²) in [6.45, 7) is 2.73. The van der Waals surface area contributed by atoms with E-state index in [9.17, 15) is 9.90 Å². The Labute approximate surface area is 145 Å². The van der Waals surface area contributed by atoms with Crippen molar-refractivity contribution in [1.82, 2.24) is 14.6 Å². The van der Waals surface area contributed by atoms with Gasteiger partial charge < -0.3 is 19.1 Å². The normalized spacial score (nSPS) is 20.5. The quantitative estimate of drug-likeness (QED) is 0.794. The zero-order valence-electron chi connectivity index (χ0n) is 14.3. The van der Waals surface area contributed by atoms with Gasteiger partial charge in [-0.3, -0.25) is 4.79 Å². The monoisotopic (exact) mass is 339 g/mol. The summed E-state index contributed by atoms with van der Waals surface area (Å²) in [7, 11) is 1.94. The molecule has 6 nitrogen and oxygen atoms in total. The highest BCUT2D eigenvalue weighted by atomic mass is 16.5. The third kappa shape index (κ3) is 2.82. The summed E-state index contributed by atoms with van der Waals surface area (Å²) in [5, 5.41) is 15.2. The topological polar surface area (TPSA) is 71.5 Å². The first-order valence-corrected chi connectivity index (χ1v) is 8.46. The molecule has 0 spiro atoms. The molecule has 4 rings (SSSR count). The summed E-state index contributed by atoms with van der Waals surface area (Å²) in [6.07, 6.45) is 1.90. The second kappa shape index (κ2) is 6.04. The van der Waals surface area contributed by atoms with Crippen LogP contribution in [0.15, 0.2) is 41.1 Å². The number of hydrogen-bond donors (Lipinski definition) is 1. The molecule has 0 unspecified atom stereocenters. The molecule has 130 valence electrons. The van der Waals surface area contributed by atoms with Gasteiger partial charge in [-0.1, -0.05) is 23.4 Å². The van der Waals surface area contributed by atoms with Crippen molar-refractivity contribution in [1.29, 1.82) is 0 Å². The van der Waals surface area contributed by atoms with Crippen molar-refractivity contribution >= 4 is 16.8 Å². The predicted octanol–water partition coefficient (Wildman–Crippen LogP) is 2.15. The van der Waals surface area contributed by atoms with Crippen molar-refractivity contribution in [3.63, 3.8) is 0 Å². The fourth-order valence-electron chi connectivity index (χ4n) is 3.67. The first-order valence-electron chi connectivity index (χ1n) is 8.46. The molecular weight excluding hydrogens is 318 g/mol. The second-order valence-electron chi connectivity index (χ2n) is 6.85. The minimum absolute atomic E-state index is 0.0351. The highest BCUT2D eigenvalue weighted by molar-refractivity contribution is 6.07. The molecule has 25 heavy (non-hydrogen) atoms. The predicted molar refractivity (Wildman–Crippen MR) is 93.3 cm³/mol. The van der Waals surface area contributed by atoms with Gasteiger partial charge in [0.15, 0.2) is 0 Å². The number of rotatable bonds is 3. The van der Waals surface area contributed by atoms with Crippen LogP contribution in [0.2, 0.25) is 0 Å². The third-order valence-electron chi connectivity index (χ3n) is 4.96. The fourth-order valence-corrected chi connectivity index (χ4v) is 3.67. The van der Waals surface area contributed by atoms with Crippen LogP contribution in [0.1, 0.15) is 21.8 Å². The molecule has 1 saturated heterocycles. The van der Waals surface area contributed by atoms with Crippen LogP contribution in [0.3, 0.4) is 0 Å². The first kappa shape index (κ1) is 15.9. The zero-order valence-corrected chi connectivity index (χ0v) is 14.3. The number of amides is 1. The molecule has 1 aliphatic heterocycles. The molecule has 1 fully saturated rings. The van der Waals surface area contributed by atoms with E-state index in [4.69, 9.17) is 4.52 Å². The highest BCUT2D eigenvalue weighted by Gasteiger charge is 2.35. The summed E-state index contributed by atoms with van der Waals surface area (Å²) in [4.78, 5) is 14.7. The van der Waals surface area contributed by atoms with Crippen molar-refractivity contribution in [3.8, 4) is 0 Å². The van der Waals surface area contributed by atoms with E-state index in [0.717, 1.165) is 22.4 Å². The van der Waals surface area contributed by atoms with Crippen molar-refractivity contribution in [3.05, 3.63) is 53.5 Å². The molecule has 2 aromatic heterocycles. The lowest BCUT2D eigenvalue weighted by molar-refractivity contribution is 0.0766. The van der Waals surface area contributed by atoms with Gasteiger partial charge in [0.1, 0.15) is 5.76 Å². The van der Waals surface area contributed by atoms with Crippen molar-refractivity contribution in [2.24, 2.45) is 13.0 Å². The third-order valence-corrected chi connectivity index (χ3v) is 4.96. The van der Waals surface area contributed by atoms with Gasteiger partial charge in [-0.25, -0.2) is 0 Å². The van der Waals surface area contributed by atoms with E-state index < -0.39 is 6.10 Å². The number of aliphatic hydroxyl groups excluding tert-OH is 1. The van der Waals surface area contributed by atoms with Gasteiger partial charge in [0, 0.05) is 55.6 Å². The number of benzene rings is 1.